The molecule has 0 saturated carbocycles. The second-order valence-electron chi connectivity index (χ2n) is 7.16. The van der Waals surface area contributed by atoms with Crippen molar-refractivity contribution in [2.45, 2.75) is 19.8 Å². The van der Waals surface area contributed by atoms with Gasteiger partial charge >= 0.3 is 0 Å². The number of hydrogen-bond donors (Lipinski definition) is 1. The maximum absolute atomic E-state index is 12.8. The average Bonchev–Trinajstić information content (AvgIpc) is 2.79. The zero-order valence-electron chi connectivity index (χ0n) is 17.6. The maximum Gasteiger partial charge on any atom is 0.266 e. The second kappa shape index (κ2) is 11.4. The van der Waals surface area contributed by atoms with Crippen LogP contribution in [0.2, 0.25) is 5.02 Å². The number of nitrogens with one attached hydrogen (secondary N) is 1. The van der Waals surface area contributed by atoms with Crippen molar-refractivity contribution in [3.8, 4) is 11.8 Å². The van der Waals surface area contributed by atoms with Gasteiger partial charge in [-0.2, -0.15) is 5.26 Å². The van der Waals surface area contributed by atoms with Crippen molar-refractivity contribution >= 4 is 35.0 Å². The Labute approximate surface area is 188 Å². The third-order valence-corrected chi connectivity index (χ3v) is 5.12. The summed E-state index contributed by atoms with van der Waals surface area (Å²) in [7, 11) is 0. The summed E-state index contributed by atoms with van der Waals surface area (Å²) in [5, 5.41) is 12.9. The van der Waals surface area contributed by atoms with E-state index in [1.807, 2.05) is 36.4 Å². The number of nitriles is 1. The molecular weight excluding hydrogens is 414 g/mol. The van der Waals surface area contributed by atoms with Crippen LogP contribution in [0.1, 0.15) is 25.3 Å². The first-order chi connectivity index (χ1) is 15.1. The maximum atomic E-state index is 12.8. The number of hydrogen-bond acceptors (Lipinski definition) is 5. The van der Waals surface area contributed by atoms with Crippen LogP contribution in [-0.2, 0) is 9.53 Å². The van der Waals surface area contributed by atoms with Gasteiger partial charge in [0.15, 0.2) is 0 Å². The van der Waals surface area contributed by atoms with Crippen LogP contribution < -0.4 is 15.0 Å². The first-order valence-corrected chi connectivity index (χ1v) is 10.8. The SMILES string of the molecule is CCCCOc1ccc(/C=C(\C#N)C(=O)Nc2cc(Cl)ccc2N2CCOCC2)cc1. The number of morpholine rings is 1. The van der Waals surface area contributed by atoms with Gasteiger partial charge in [-0.15, -0.1) is 0 Å². The third kappa shape index (κ3) is 6.48. The van der Waals surface area contributed by atoms with Gasteiger partial charge in [0.1, 0.15) is 17.4 Å². The number of amides is 1. The monoisotopic (exact) mass is 439 g/mol. The van der Waals surface area contributed by atoms with Gasteiger partial charge in [-0.1, -0.05) is 37.1 Å². The molecule has 1 fully saturated rings. The molecule has 3 rings (SSSR count). The number of carbonyl (C=O) groups excluding carboxylic acids is 1. The van der Waals surface area contributed by atoms with Crippen molar-refractivity contribution in [2.24, 2.45) is 0 Å². The minimum atomic E-state index is -0.484. The molecule has 1 aliphatic rings. The Morgan fingerprint density at radius 2 is 2.00 bits per heavy atom. The molecule has 1 amide bonds. The fourth-order valence-corrected chi connectivity index (χ4v) is 3.36. The van der Waals surface area contributed by atoms with E-state index in [-0.39, 0.29) is 5.57 Å². The smallest absolute Gasteiger partial charge is 0.266 e. The van der Waals surface area contributed by atoms with E-state index in [2.05, 4.69) is 17.1 Å². The number of rotatable bonds is 8. The molecule has 0 spiro atoms. The van der Waals surface area contributed by atoms with Gasteiger partial charge in [-0.3, -0.25) is 4.79 Å². The summed E-state index contributed by atoms with van der Waals surface area (Å²) in [5.74, 6) is 0.283. The van der Waals surface area contributed by atoms with E-state index in [9.17, 15) is 10.1 Å². The number of ether oxygens (including phenoxy) is 2. The molecule has 0 aromatic heterocycles. The number of benzene rings is 2. The number of halogens is 1. The molecular formula is C24H26ClN3O3. The highest BCUT2D eigenvalue weighted by molar-refractivity contribution is 6.31. The van der Waals surface area contributed by atoms with E-state index in [1.54, 1.807) is 18.2 Å². The Balaban J connectivity index is 1.74. The number of unbranched alkanes of at least 4 members (excludes halogenated alkanes) is 1. The normalized spacial score (nSPS) is 14.1. The van der Waals surface area contributed by atoms with Gasteiger partial charge in [0.25, 0.3) is 5.91 Å². The lowest BCUT2D eigenvalue weighted by Crippen LogP contribution is -2.36. The fraction of sp³-hybridized carbons (Fsp3) is 0.333. The Kier molecular flexibility index (Phi) is 8.34. The van der Waals surface area contributed by atoms with Crippen LogP contribution >= 0.6 is 11.6 Å². The summed E-state index contributed by atoms with van der Waals surface area (Å²) in [6.07, 6.45) is 3.63. The van der Waals surface area contributed by atoms with Crippen LogP contribution in [0.15, 0.2) is 48.0 Å². The topological polar surface area (TPSA) is 74.6 Å². The van der Waals surface area contributed by atoms with Gasteiger partial charge in [-0.25, -0.2) is 0 Å². The van der Waals surface area contributed by atoms with E-state index < -0.39 is 5.91 Å². The van der Waals surface area contributed by atoms with E-state index in [1.165, 1.54) is 0 Å². The van der Waals surface area contributed by atoms with Crippen LogP contribution in [0.4, 0.5) is 11.4 Å². The predicted octanol–water partition coefficient (Wildman–Crippen LogP) is 4.90. The highest BCUT2D eigenvalue weighted by Gasteiger charge is 2.18. The average molecular weight is 440 g/mol. The summed E-state index contributed by atoms with van der Waals surface area (Å²) in [6, 6.07) is 14.7. The Hall–Kier alpha value is -3.01. The fourth-order valence-electron chi connectivity index (χ4n) is 3.19. The number of anilines is 2. The van der Waals surface area contributed by atoms with Crippen molar-refractivity contribution in [2.75, 3.05) is 43.1 Å². The summed E-state index contributed by atoms with van der Waals surface area (Å²) in [4.78, 5) is 15.0. The van der Waals surface area contributed by atoms with Gasteiger partial charge in [0.2, 0.25) is 0 Å². The van der Waals surface area contributed by atoms with Crippen molar-refractivity contribution in [3.63, 3.8) is 0 Å². The molecule has 0 atom stereocenters. The largest absolute Gasteiger partial charge is 0.494 e. The zero-order chi connectivity index (χ0) is 22.1. The minimum absolute atomic E-state index is 0.00699. The van der Waals surface area contributed by atoms with Crippen LogP contribution in [0.5, 0.6) is 5.75 Å². The Morgan fingerprint density at radius 3 is 2.68 bits per heavy atom. The van der Waals surface area contributed by atoms with Crippen LogP contribution in [0.3, 0.4) is 0 Å². The lowest BCUT2D eigenvalue weighted by molar-refractivity contribution is -0.112. The first kappa shape index (κ1) is 22.7. The predicted molar refractivity (Wildman–Crippen MR) is 124 cm³/mol. The minimum Gasteiger partial charge on any atom is -0.494 e. The molecule has 1 heterocycles. The molecule has 0 radical (unpaired) electrons. The lowest BCUT2D eigenvalue weighted by atomic mass is 10.1. The Bertz CT molecular complexity index is 961. The van der Waals surface area contributed by atoms with Crippen molar-refractivity contribution in [1.82, 2.24) is 0 Å². The highest BCUT2D eigenvalue weighted by atomic mass is 35.5. The van der Waals surface area contributed by atoms with Gasteiger partial charge < -0.3 is 19.7 Å². The second-order valence-corrected chi connectivity index (χ2v) is 7.59. The summed E-state index contributed by atoms with van der Waals surface area (Å²) in [5.41, 5.74) is 2.17. The molecule has 1 aliphatic heterocycles. The lowest BCUT2D eigenvalue weighted by Gasteiger charge is -2.30. The molecule has 0 bridgehead atoms. The van der Waals surface area contributed by atoms with Crippen molar-refractivity contribution in [3.05, 3.63) is 58.6 Å². The zero-order valence-corrected chi connectivity index (χ0v) is 18.3. The van der Waals surface area contributed by atoms with Gasteiger partial charge in [0, 0.05) is 18.1 Å². The van der Waals surface area contributed by atoms with Crippen LogP contribution in [-0.4, -0.2) is 38.8 Å². The molecule has 0 aliphatic carbocycles. The Morgan fingerprint density at radius 1 is 1.26 bits per heavy atom. The molecule has 1 saturated heterocycles. The van der Waals surface area contributed by atoms with Crippen molar-refractivity contribution in [1.29, 1.82) is 5.26 Å². The standard InChI is InChI=1S/C24H26ClN3O3/c1-2-3-12-31-21-7-4-18(5-8-21)15-19(17-26)24(29)27-22-16-20(25)6-9-23(22)28-10-13-30-14-11-28/h4-9,15-16H,2-3,10-14H2,1H3,(H,27,29)/b19-15+. The van der Waals surface area contributed by atoms with E-state index in [4.69, 9.17) is 21.1 Å². The van der Waals surface area contributed by atoms with Gasteiger partial charge in [0.05, 0.1) is 31.2 Å². The highest BCUT2D eigenvalue weighted by Crippen LogP contribution is 2.30. The van der Waals surface area contributed by atoms with E-state index in [0.29, 0.717) is 30.5 Å². The molecule has 2 aromatic carbocycles. The van der Waals surface area contributed by atoms with Crippen LogP contribution in [0.25, 0.3) is 6.08 Å². The number of carbonyl (C=O) groups is 1. The van der Waals surface area contributed by atoms with E-state index in [0.717, 1.165) is 42.9 Å². The molecule has 2 aromatic rings. The van der Waals surface area contributed by atoms with Crippen molar-refractivity contribution < 1.29 is 14.3 Å². The summed E-state index contributed by atoms with van der Waals surface area (Å²) >= 11 is 6.16. The quantitative estimate of drug-likeness (QED) is 0.359. The molecule has 1 N–H and O–H groups in total. The van der Waals surface area contributed by atoms with E-state index >= 15 is 0 Å². The summed E-state index contributed by atoms with van der Waals surface area (Å²) in [6.45, 7) is 5.47. The molecule has 7 heteroatoms. The number of nitrogens with zero attached hydrogens (tertiary/aromatic N) is 2. The molecule has 31 heavy (non-hydrogen) atoms. The molecule has 6 nitrogen and oxygen atoms in total. The molecule has 162 valence electrons. The summed E-state index contributed by atoms with van der Waals surface area (Å²) < 4.78 is 11.1. The third-order valence-electron chi connectivity index (χ3n) is 4.88. The molecule has 0 unspecified atom stereocenters. The van der Waals surface area contributed by atoms with Crippen LogP contribution in [0, 0.1) is 11.3 Å². The van der Waals surface area contributed by atoms with Gasteiger partial charge in [-0.05, 0) is 48.4 Å². The first-order valence-electron chi connectivity index (χ1n) is 10.4.